The molecule has 0 atom stereocenters. The highest BCUT2D eigenvalue weighted by atomic mass is 32.2. The summed E-state index contributed by atoms with van der Waals surface area (Å²) in [6, 6.07) is 1.77. The molecule has 84 valence electrons. The predicted octanol–water partition coefficient (Wildman–Crippen LogP) is 1.38. The van der Waals surface area contributed by atoms with Crippen molar-refractivity contribution in [3.63, 3.8) is 0 Å². The average molecular weight is 254 g/mol. The fourth-order valence-electron chi connectivity index (χ4n) is 1.08. The molecule has 2 aromatic rings. The van der Waals surface area contributed by atoms with Gasteiger partial charge in [0.2, 0.25) is 0 Å². The maximum Gasteiger partial charge on any atom is 0.180 e. The summed E-state index contributed by atoms with van der Waals surface area (Å²) in [7, 11) is 0. The van der Waals surface area contributed by atoms with Crippen LogP contribution >= 0.6 is 23.1 Å². The SMILES string of the molecule is Cc1nc(NN)cc(Sc2nnc(C)s2)n1. The molecule has 0 bridgehead atoms. The van der Waals surface area contributed by atoms with Crippen molar-refractivity contribution in [2.45, 2.75) is 23.2 Å². The molecule has 0 amide bonds. The first-order chi connectivity index (χ1) is 7.67. The minimum atomic E-state index is 0.594. The molecule has 8 heteroatoms. The third-order valence-corrected chi connectivity index (χ3v) is 3.47. The monoisotopic (exact) mass is 254 g/mol. The zero-order valence-electron chi connectivity index (χ0n) is 8.76. The third-order valence-electron chi connectivity index (χ3n) is 1.66. The highest BCUT2D eigenvalue weighted by Gasteiger charge is 2.06. The number of rotatable bonds is 3. The number of hydrogen-bond acceptors (Lipinski definition) is 8. The molecule has 0 spiro atoms. The molecule has 0 aliphatic heterocycles. The molecule has 2 rings (SSSR count). The van der Waals surface area contributed by atoms with E-state index in [4.69, 9.17) is 5.84 Å². The molecule has 0 aliphatic carbocycles. The van der Waals surface area contributed by atoms with Gasteiger partial charge >= 0.3 is 0 Å². The fraction of sp³-hybridized carbons (Fsp3) is 0.250. The van der Waals surface area contributed by atoms with Crippen LogP contribution in [-0.4, -0.2) is 20.2 Å². The van der Waals surface area contributed by atoms with Gasteiger partial charge in [-0.1, -0.05) is 11.3 Å². The summed E-state index contributed by atoms with van der Waals surface area (Å²) in [6.07, 6.45) is 0. The molecule has 0 saturated carbocycles. The highest BCUT2D eigenvalue weighted by Crippen LogP contribution is 2.29. The van der Waals surface area contributed by atoms with E-state index in [9.17, 15) is 0 Å². The van der Waals surface area contributed by atoms with Crippen molar-refractivity contribution < 1.29 is 0 Å². The van der Waals surface area contributed by atoms with E-state index in [1.165, 1.54) is 23.1 Å². The maximum absolute atomic E-state index is 5.31. The lowest BCUT2D eigenvalue weighted by Gasteiger charge is -2.02. The highest BCUT2D eigenvalue weighted by molar-refractivity contribution is 8.01. The first kappa shape index (κ1) is 11.2. The summed E-state index contributed by atoms with van der Waals surface area (Å²) in [5.41, 5.74) is 2.50. The number of aromatic nitrogens is 4. The van der Waals surface area contributed by atoms with E-state index in [0.717, 1.165) is 14.4 Å². The molecule has 0 saturated heterocycles. The van der Waals surface area contributed by atoms with Gasteiger partial charge in [-0.3, -0.25) is 0 Å². The van der Waals surface area contributed by atoms with Crippen LogP contribution < -0.4 is 11.3 Å². The van der Waals surface area contributed by atoms with E-state index >= 15 is 0 Å². The summed E-state index contributed by atoms with van der Waals surface area (Å²) in [5.74, 6) is 6.57. The van der Waals surface area contributed by atoms with Crippen molar-refractivity contribution in [2.24, 2.45) is 5.84 Å². The normalized spacial score (nSPS) is 10.4. The molecule has 0 aliphatic rings. The van der Waals surface area contributed by atoms with Crippen LogP contribution in [0.25, 0.3) is 0 Å². The van der Waals surface area contributed by atoms with E-state index in [-0.39, 0.29) is 0 Å². The molecule has 3 N–H and O–H groups in total. The summed E-state index contributed by atoms with van der Waals surface area (Å²) < 4.78 is 0.860. The molecule has 2 aromatic heterocycles. The maximum atomic E-state index is 5.31. The standard InChI is InChI=1S/C8H10N6S2/c1-4-10-6(12-9)3-7(11-4)16-8-14-13-5(2)15-8/h3H,9H2,1-2H3,(H,10,11,12). The zero-order valence-corrected chi connectivity index (χ0v) is 10.4. The van der Waals surface area contributed by atoms with Crippen molar-refractivity contribution in [2.75, 3.05) is 5.43 Å². The van der Waals surface area contributed by atoms with E-state index in [1.807, 2.05) is 13.8 Å². The quantitative estimate of drug-likeness (QED) is 0.486. The Labute approximate surface area is 101 Å². The van der Waals surface area contributed by atoms with E-state index in [0.29, 0.717) is 11.6 Å². The Bertz CT molecular complexity index is 497. The van der Waals surface area contributed by atoms with Crippen LogP contribution in [0.2, 0.25) is 0 Å². The van der Waals surface area contributed by atoms with Crippen molar-refractivity contribution >= 4 is 28.9 Å². The first-order valence-electron chi connectivity index (χ1n) is 4.47. The topological polar surface area (TPSA) is 89.6 Å². The number of hydrogen-bond donors (Lipinski definition) is 2. The summed E-state index contributed by atoms with van der Waals surface area (Å²) >= 11 is 2.98. The second-order valence-electron chi connectivity index (χ2n) is 2.97. The van der Waals surface area contributed by atoms with E-state index in [1.54, 1.807) is 6.07 Å². The minimum Gasteiger partial charge on any atom is -0.308 e. The minimum absolute atomic E-state index is 0.594. The smallest absolute Gasteiger partial charge is 0.180 e. The van der Waals surface area contributed by atoms with Gasteiger partial charge in [-0.05, 0) is 25.6 Å². The van der Waals surface area contributed by atoms with Gasteiger partial charge in [-0.15, -0.1) is 10.2 Å². The summed E-state index contributed by atoms with van der Waals surface area (Å²) in [4.78, 5) is 8.39. The lowest BCUT2D eigenvalue weighted by atomic mass is 10.5. The van der Waals surface area contributed by atoms with Gasteiger partial charge < -0.3 is 5.43 Å². The van der Waals surface area contributed by atoms with Gasteiger partial charge in [-0.25, -0.2) is 15.8 Å². The summed E-state index contributed by atoms with van der Waals surface area (Å²) in [6.45, 7) is 3.73. The lowest BCUT2D eigenvalue weighted by molar-refractivity contribution is 0.952. The fourth-order valence-corrected chi connectivity index (χ4v) is 2.89. The van der Waals surface area contributed by atoms with E-state index in [2.05, 4.69) is 25.6 Å². The predicted molar refractivity (Wildman–Crippen MR) is 63.3 cm³/mol. The Morgan fingerprint density at radius 1 is 1.31 bits per heavy atom. The zero-order chi connectivity index (χ0) is 11.5. The van der Waals surface area contributed by atoms with Crippen molar-refractivity contribution in [3.05, 3.63) is 16.9 Å². The Hall–Kier alpha value is -1.25. The molecule has 0 radical (unpaired) electrons. The van der Waals surface area contributed by atoms with Crippen LogP contribution in [0, 0.1) is 13.8 Å². The van der Waals surface area contributed by atoms with Crippen molar-refractivity contribution in [1.29, 1.82) is 0 Å². The van der Waals surface area contributed by atoms with Gasteiger partial charge in [0.15, 0.2) is 4.34 Å². The van der Waals surface area contributed by atoms with E-state index < -0.39 is 0 Å². The van der Waals surface area contributed by atoms with Crippen LogP contribution in [-0.2, 0) is 0 Å². The molecule has 16 heavy (non-hydrogen) atoms. The van der Waals surface area contributed by atoms with Gasteiger partial charge in [0.1, 0.15) is 21.7 Å². The van der Waals surface area contributed by atoms with Crippen molar-refractivity contribution in [3.8, 4) is 0 Å². The second-order valence-corrected chi connectivity index (χ2v) is 5.42. The molecule has 0 aromatic carbocycles. The van der Waals surface area contributed by atoms with Gasteiger partial charge in [-0.2, -0.15) is 0 Å². The van der Waals surface area contributed by atoms with Gasteiger partial charge in [0, 0.05) is 6.07 Å². The second kappa shape index (κ2) is 4.73. The van der Waals surface area contributed by atoms with Crippen LogP contribution in [0.4, 0.5) is 5.82 Å². The number of anilines is 1. The Balaban J connectivity index is 2.24. The Kier molecular flexibility index (Phi) is 3.32. The van der Waals surface area contributed by atoms with Gasteiger partial charge in [0.25, 0.3) is 0 Å². The molecule has 0 unspecified atom stereocenters. The number of aryl methyl sites for hydroxylation is 2. The first-order valence-corrected chi connectivity index (χ1v) is 6.11. The third kappa shape index (κ3) is 2.65. The average Bonchev–Trinajstić information content (AvgIpc) is 2.63. The van der Waals surface area contributed by atoms with Crippen LogP contribution in [0.5, 0.6) is 0 Å². The number of nitrogens with one attached hydrogen (secondary N) is 1. The lowest BCUT2D eigenvalue weighted by Crippen LogP contribution is -2.09. The molecule has 2 heterocycles. The Morgan fingerprint density at radius 3 is 2.75 bits per heavy atom. The van der Waals surface area contributed by atoms with Gasteiger partial charge in [0.05, 0.1) is 0 Å². The largest absolute Gasteiger partial charge is 0.308 e. The molecule has 6 nitrogen and oxygen atoms in total. The number of nitrogen functional groups attached to an aromatic ring is 1. The van der Waals surface area contributed by atoms with Crippen LogP contribution in [0.15, 0.2) is 15.4 Å². The number of nitrogens with zero attached hydrogens (tertiary/aromatic N) is 4. The molecule has 0 fully saturated rings. The van der Waals surface area contributed by atoms with Crippen molar-refractivity contribution in [1.82, 2.24) is 20.2 Å². The molecular formula is C8H10N6S2. The Morgan fingerprint density at radius 2 is 2.12 bits per heavy atom. The number of hydrazine groups is 1. The number of nitrogens with two attached hydrogens (primary N) is 1. The summed E-state index contributed by atoms with van der Waals surface area (Å²) in [5, 5.41) is 9.70. The van der Waals surface area contributed by atoms with Crippen LogP contribution in [0.1, 0.15) is 10.8 Å². The molecular weight excluding hydrogens is 244 g/mol. The van der Waals surface area contributed by atoms with Crippen LogP contribution in [0.3, 0.4) is 0 Å².